The number of methoxy groups -OCH3 is 3. The molecule has 0 bridgehead atoms. The van der Waals surface area contributed by atoms with Crippen molar-refractivity contribution in [1.29, 1.82) is 5.41 Å². The van der Waals surface area contributed by atoms with Crippen molar-refractivity contribution in [3.63, 3.8) is 0 Å². The van der Waals surface area contributed by atoms with Gasteiger partial charge in [0.25, 0.3) is 0 Å². The first-order chi connectivity index (χ1) is 16.3. The van der Waals surface area contributed by atoms with Gasteiger partial charge in [0.15, 0.2) is 28.8 Å². The fourth-order valence-corrected chi connectivity index (χ4v) is 4.71. The first-order valence-electron chi connectivity index (χ1n) is 10.4. The van der Waals surface area contributed by atoms with Crippen LogP contribution >= 0.6 is 28.3 Å². The summed E-state index contributed by atoms with van der Waals surface area (Å²) in [4.78, 5) is 21.2. The number of nitrogens with one attached hydrogen (secondary N) is 1. The highest BCUT2D eigenvalue weighted by atomic mass is 79.9. The number of fused-ring (bicyclic) bond motifs is 1. The van der Waals surface area contributed by atoms with Gasteiger partial charge in [-0.2, -0.15) is 0 Å². The van der Waals surface area contributed by atoms with Gasteiger partial charge in [0.05, 0.1) is 44.7 Å². The van der Waals surface area contributed by atoms with E-state index in [2.05, 4.69) is 4.98 Å². The summed E-state index contributed by atoms with van der Waals surface area (Å²) in [5, 5.41) is 11.1. The predicted octanol–water partition coefficient (Wildman–Crippen LogP) is 4.64. The molecule has 0 radical (unpaired) electrons. The number of hydrogen-bond acceptors (Lipinski definition) is 8. The van der Waals surface area contributed by atoms with E-state index in [4.69, 9.17) is 19.6 Å². The number of anilines is 1. The molecule has 2 heterocycles. The lowest BCUT2D eigenvalue weighted by molar-refractivity contribution is 0.0962. The zero-order valence-electron chi connectivity index (χ0n) is 20.0. The summed E-state index contributed by atoms with van der Waals surface area (Å²) in [7, 11) is 8.10. The number of aromatic nitrogens is 1. The molecule has 1 aliphatic rings. The van der Waals surface area contributed by atoms with Crippen LogP contribution in [-0.2, 0) is 6.54 Å². The SMILES string of the molecule is Br.COc1cc2c(c(F)c1OC)C(=N)N(CC(=O)c1cc(-c3nccs3)c(OC)c(N(C)C)c1)C2. The molecule has 0 aliphatic carbocycles. The highest BCUT2D eigenvalue weighted by Crippen LogP contribution is 2.41. The van der Waals surface area contributed by atoms with Gasteiger partial charge in [0.1, 0.15) is 10.8 Å². The molecule has 8 nitrogen and oxygen atoms in total. The van der Waals surface area contributed by atoms with Crippen LogP contribution < -0.4 is 19.1 Å². The molecular weight excluding hydrogens is 539 g/mol. The van der Waals surface area contributed by atoms with Crippen LogP contribution in [0.5, 0.6) is 17.2 Å². The minimum Gasteiger partial charge on any atom is -0.494 e. The van der Waals surface area contributed by atoms with Gasteiger partial charge in [0.2, 0.25) is 0 Å². The Labute approximate surface area is 217 Å². The van der Waals surface area contributed by atoms with E-state index in [1.54, 1.807) is 31.5 Å². The predicted molar refractivity (Wildman–Crippen MR) is 140 cm³/mol. The summed E-state index contributed by atoms with van der Waals surface area (Å²) in [5.41, 5.74) is 2.60. The number of ether oxygens (including phenoxy) is 3. The number of benzene rings is 2. The molecule has 2 aromatic carbocycles. The van der Waals surface area contributed by atoms with E-state index in [1.807, 2.05) is 24.4 Å². The van der Waals surface area contributed by atoms with E-state index < -0.39 is 5.82 Å². The maximum absolute atomic E-state index is 15.1. The lowest BCUT2D eigenvalue weighted by Gasteiger charge is -2.21. The second-order valence-corrected chi connectivity index (χ2v) is 8.79. The van der Waals surface area contributed by atoms with Crippen LogP contribution in [0.2, 0.25) is 0 Å². The molecule has 4 rings (SSSR count). The lowest BCUT2D eigenvalue weighted by Crippen LogP contribution is -2.30. The molecule has 0 saturated carbocycles. The fourth-order valence-electron chi connectivity index (χ4n) is 4.06. The van der Waals surface area contributed by atoms with Crippen molar-refractivity contribution in [2.45, 2.75) is 6.54 Å². The normalized spacial score (nSPS) is 12.2. The first-order valence-corrected chi connectivity index (χ1v) is 11.3. The van der Waals surface area contributed by atoms with E-state index >= 15 is 4.39 Å². The maximum Gasteiger partial charge on any atom is 0.197 e. The Hall–Kier alpha value is -3.18. The van der Waals surface area contributed by atoms with E-state index in [1.165, 1.54) is 30.5 Å². The number of hydrogen-bond donors (Lipinski definition) is 1. The average Bonchev–Trinajstić information content (AvgIpc) is 3.46. The molecule has 0 spiro atoms. The van der Waals surface area contributed by atoms with Gasteiger partial charge in [-0.1, -0.05) is 0 Å². The average molecular weight is 565 g/mol. The van der Waals surface area contributed by atoms with Gasteiger partial charge < -0.3 is 24.0 Å². The Kier molecular flexibility index (Phi) is 8.01. The van der Waals surface area contributed by atoms with Gasteiger partial charge in [-0.25, -0.2) is 9.37 Å². The minimum absolute atomic E-state index is 0. The number of thiazole rings is 1. The van der Waals surface area contributed by atoms with E-state index in [0.717, 1.165) is 10.7 Å². The maximum atomic E-state index is 15.1. The van der Waals surface area contributed by atoms with Crippen LogP contribution in [0.15, 0.2) is 29.8 Å². The summed E-state index contributed by atoms with van der Waals surface area (Å²) in [6, 6.07) is 5.17. The van der Waals surface area contributed by atoms with E-state index in [9.17, 15) is 4.79 Å². The van der Waals surface area contributed by atoms with Crippen molar-refractivity contribution in [2.75, 3.05) is 46.9 Å². The Morgan fingerprint density at radius 1 is 1.17 bits per heavy atom. The van der Waals surface area contributed by atoms with Gasteiger partial charge in [-0.3, -0.25) is 10.2 Å². The van der Waals surface area contributed by atoms with Crippen LogP contribution in [0.1, 0.15) is 21.5 Å². The quantitative estimate of drug-likeness (QED) is 0.398. The molecule has 186 valence electrons. The smallest absolute Gasteiger partial charge is 0.197 e. The molecule has 1 aromatic heterocycles. The third-order valence-electron chi connectivity index (χ3n) is 5.68. The van der Waals surface area contributed by atoms with Gasteiger partial charge >= 0.3 is 0 Å². The number of amidine groups is 1. The van der Waals surface area contributed by atoms with Crippen molar-refractivity contribution in [3.8, 4) is 27.8 Å². The van der Waals surface area contributed by atoms with Crippen molar-refractivity contribution >= 4 is 45.6 Å². The third-order valence-corrected chi connectivity index (χ3v) is 6.49. The summed E-state index contributed by atoms with van der Waals surface area (Å²) >= 11 is 1.45. The van der Waals surface area contributed by atoms with Gasteiger partial charge in [0, 0.05) is 37.8 Å². The highest BCUT2D eigenvalue weighted by Gasteiger charge is 2.33. The molecule has 35 heavy (non-hydrogen) atoms. The van der Waals surface area contributed by atoms with E-state index in [-0.39, 0.29) is 58.8 Å². The molecule has 11 heteroatoms. The largest absolute Gasteiger partial charge is 0.494 e. The number of carbonyl (C=O) groups excluding carboxylic acids is 1. The highest BCUT2D eigenvalue weighted by molar-refractivity contribution is 8.93. The van der Waals surface area contributed by atoms with Crippen LogP contribution in [0.25, 0.3) is 10.6 Å². The summed E-state index contributed by atoms with van der Waals surface area (Å²) < 4.78 is 31.1. The van der Waals surface area contributed by atoms with E-state index in [0.29, 0.717) is 22.4 Å². The van der Waals surface area contributed by atoms with Crippen molar-refractivity contribution in [2.24, 2.45) is 0 Å². The number of ketones is 1. The Bertz CT molecular complexity index is 1270. The monoisotopic (exact) mass is 564 g/mol. The topological polar surface area (TPSA) is 88.0 Å². The summed E-state index contributed by atoms with van der Waals surface area (Å²) in [6.07, 6.45) is 1.70. The molecule has 1 N–H and O–H groups in total. The zero-order valence-corrected chi connectivity index (χ0v) is 22.5. The van der Waals surface area contributed by atoms with Crippen molar-refractivity contribution in [3.05, 3.63) is 52.3 Å². The summed E-state index contributed by atoms with van der Waals surface area (Å²) in [6.45, 7) is 0.126. The van der Waals surface area contributed by atoms with Crippen LogP contribution in [0.3, 0.4) is 0 Å². The number of rotatable bonds is 8. The molecule has 0 fully saturated rings. The molecular formula is C24H26BrFN4O4S. The van der Waals surface area contributed by atoms with Gasteiger partial charge in [-0.05, 0) is 23.8 Å². The standard InChI is InChI=1S/C24H25FN4O4S.BrH/c1-28(2)16-9-13(8-15(21(16)32-4)24-27-6-7-34-24)17(30)12-29-11-14-10-18(31-3)22(33-5)20(25)19(14)23(29)26;/h6-10,26H,11-12H2,1-5H3;1H. The molecule has 0 amide bonds. The fraction of sp³-hybridized carbons (Fsp3) is 0.292. The van der Waals surface area contributed by atoms with Crippen LogP contribution in [0.4, 0.5) is 10.1 Å². The van der Waals surface area contributed by atoms with Crippen LogP contribution in [0, 0.1) is 11.2 Å². The summed E-state index contributed by atoms with van der Waals surface area (Å²) in [5.74, 6) is -0.123. The van der Waals surface area contributed by atoms with Crippen molar-refractivity contribution in [1.82, 2.24) is 9.88 Å². The molecule has 1 aliphatic heterocycles. The van der Waals surface area contributed by atoms with Crippen molar-refractivity contribution < 1.29 is 23.4 Å². The van der Waals surface area contributed by atoms with Crippen LogP contribution in [-0.4, -0.2) is 63.5 Å². The zero-order chi connectivity index (χ0) is 24.6. The molecule has 0 unspecified atom stereocenters. The second-order valence-electron chi connectivity index (χ2n) is 7.90. The number of nitrogens with zero attached hydrogens (tertiary/aromatic N) is 3. The first kappa shape index (κ1) is 26.4. The number of Topliss-reactive ketones (excluding diaryl/α,β-unsaturated/α-hetero) is 1. The Balaban J connectivity index is 0.00000342. The number of halogens is 2. The Morgan fingerprint density at radius 2 is 1.89 bits per heavy atom. The molecule has 3 aromatic rings. The van der Waals surface area contributed by atoms with Gasteiger partial charge in [-0.15, -0.1) is 28.3 Å². The second kappa shape index (κ2) is 10.6. The molecule has 0 atom stereocenters. The third kappa shape index (κ3) is 4.70. The Morgan fingerprint density at radius 3 is 2.46 bits per heavy atom. The minimum atomic E-state index is -0.665. The number of carbonyl (C=O) groups is 1. The molecule has 0 saturated heterocycles. The lowest BCUT2D eigenvalue weighted by atomic mass is 10.0.